The molecule has 0 aliphatic carbocycles. The van der Waals surface area contributed by atoms with Gasteiger partial charge in [-0.05, 0) is 0 Å². The average molecular weight is 145 g/mol. The first kappa shape index (κ1) is 16.1. The Bertz CT molecular complexity index is 17.2. The minimum Gasteiger partial charge on any atom is -0.213 e. The van der Waals surface area contributed by atoms with Gasteiger partial charge in [0, 0.05) is 0 Å². The van der Waals surface area contributed by atoms with E-state index in [4.69, 9.17) is 10.5 Å². The normalized spacial score (nSPS) is 6.00. The van der Waals surface area contributed by atoms with Gasteiger partial charge in [0.2, 0.25) is 0 Å². The van der Waals surface area contributed by atoms with Crippen LogP contribution in [0.1, 0.15) is 0 Å². The molecule has 0 aliphatic rings. The van der Waals surface area contributed by atoms with Gasteiger partial charge in [0.1, 0.15) is 0 Å². The van der Waals surface area contributed by atoms with Crippen LogP contribution >= 0.6 is 9.03 Å². The van der Waals surface area contributed by atoms with E-state index in [2.05, 4.69) is 9.35 Å². The molecule has 0 aliphatic heterocycles. The molecule has 0 radical (unpaired) electrons. The van der Waals surface area contributed by atoms with E-state index in [-0.39, 0.29) is 59.1 Å². The fourth-order valence-electron chi connectivity index (χ4n) is 0.0192. The quantitative estimate of drug-likeness (QED) is 0.176. The molecule has 0 aromatic carbocycles. The van der Waals surface area contributed by atoms with E-state index in [1.54, 1.807) is 0 Å². The molecule has 0 aromatic rings. The van der Waals surface area contributed by atoms with Gasteiger partial charge in [-0.25, -0.2) is 10.5 Å². The van der Waals surface area contributed by atoms with E-state index in [9.17, 15) is 0 Å². The van der Waals surface area contributed by atoms with Gasteiger partial charge in [-0.15, -0.1) is 0 Å². The molecule has 0 aromatic heterocycles. The fraction of sp³-hybridized carbons (Fsp3) is 0. The monoisotopic (exact) mass is 145 g/mol. The van der Waals surface area contributed by atoms with Crippen molar-refractivity contribution in [2.24, 2.45) is 0 Å². The molecule has 0 heterocycles. The van der Waals surface area contributed by atoms with Crippen LogP contribution in [-0.4, -0.2) is 10.5 Å². The summed E-state index contributed by atoms with van der Waals surface area (Å²) in [5, 5.41) is 14.6. The third kappa shape index (κ3) is 17.8. The van der Waals surface area contributed by atoms with Crippen LogP contribution < -0.4 is 59.1 Å². The molecular weight excluding hydrogens is 141 g/mol. The molecule has 4 nitrogen and oxygen atoms in total. The molecule has 2 N–H and O–H groups in total. The van der Waals surface area contributed by atoms with E-state index in [1.807, 2.05) is 0 Å². The van der Waals surface area contributed by atoms with Gasteiger partial charge in [0.05, 0.1) is 0 Å². The Hall–Kier alpha value is 2.27. The smallest absolute Gasteiger partial charge is 0.213 e. The molecule has 7 heavy (non-hydrogen) atoms. The first-order valence-electron chi connectivity index (χ1n) is 0.837. The van der Waals surface area contributed by atoms with E-state index >= 15 is 0 Å². The summed E-state index contributed by atoms with van der Waals surface area (Å²) >= 11 is 0. The summed E-state index contributed by atoms with van der Waals surface area (Å²) in [5.74, 6) is 0. The molecule has 0 atom stereocenters. The van der Waals surface area contributed by atoms with E-state index in [0.717, 1.165) is 0 Å². The molecule has 0 amide bonds. The molecule has 0 saturated heterocycles. The minimum atomic E-state index is -1.07. The standard InChI is InChI=1S/2Na.H3O4P/c;;1-3-5-4-2/h;;5H2,(H-,1,2)/q2*+1;/p+1. The van der Waals surface area contributed by atoms with Crippen molar-refractivity contribution in [3.8, 4) is 0 Å². The summed E-state index contributed by atoms with van der Waals surface area (Å²) in [6.45, 7) is 0. The van der Waals surface area contributed by atoms with Crippen LogP contribution in [0.5, 0.6) is 0 Å². The van der Waals surface area contributed by atoms with Crippen LogP contribution in [0, 0.1) is 0 Å². The maximum absolute atomic E-state index is 7.32. The van der Waals surface area contributed by atoms with Crippen molar-refractivity contribution in [1.82, 2.24) is 0 Å². The summed E-state index contributed by atoms with van der Waals surface area (Å²) in [6, 6.07) is 0. The van der Waals surface area contributed by atoms with Gasteiger partial charge in [-0.1, -0.05) is 9.35 Å². The molecular formula is H4Na2O4P+3. The van der Waals surface area contributed by atoms with Gasteiger partial charge >= 0.3 is 68.1 Å². The van der Waals surface area contributed by atoms with Crippen molar-refractivity contribution < 1.29 is 79.0 Å². The Kier molecular flexibility index (Phi) is 36.3. The van der Waals surface area contributed by atoms with Crippen LogP contribution in [-0.2, 0) is 9.35 Å². The Morgan fingerprint density at radius 3 is 1.29 bits per heavy atom. The van der Waals surface area contributed by atoms with Crippen molar-refractivity contribution in [3.05, 3.63) is 0 Å². The molecule has 0 spiro atoms. The number of rotatable bonds is 2. The molecule has 0 saturated carbocycles. The zero-order chi connectivity index (χ0) is 4.12. The van der Waals surface area contributed by atoms with Crippen molar-refractivity contribution in [2.45, 2.75) is 0 Å². The van der Waals surface area contributed by atoms with Crippen molar-refractivity contribution in [1.29, 1.82) is 0 Å². The summed E-state index contributed by atoms with van der Waals surface area (Å²) < 4.78 is 6.60. The van der Waals surface area contributed by atoms with Crippen LogP contribution in [0.2, 0.25) is 0 Å². The van der Waals surface area contributed by atoms with Gasteiger partial charge in [-0.2, -0.15) is 0 Å². The Balaban J connectivity index is -0.0000000800. The Morgan fingerprint density at radius 1 is 1.00 bits per heavy atom. The van der Waals surface area contributed by atoms with Crippen molar-refractivity contribution in [2.75, 3.05) is 0 Å². The summed E-state index contributed by atoms with van der Waals surface area (Å²) in [6.07, 6.45) is 0. The molecule has 0 fully saturated rings. The summed E-state index contributed by atoms with van der Waals surface area (Å²) in [4.78, 5) is 0. The van der Waals surface area contributed by atoms with E-state index < -0.39 is 9.03 Å². The zero-order valence-corrected chi connectivity index (χ0v) is 9.44. The van der Waals surface area contributed by atoms with Crippen LogP contribution in [0.15, 0.2) is 0 Å². The topological polar surface area (TPSA) is 58.9 Å². The predicted molar refractivity (Wildman–Crippen MR) is 17.1 cm³/mol. The van der Waals surface area contributed by atoms with Gasteiger partial charge in [0.25, 0.3) is 0 Å². The van der Waals surface area contributed by atoms with Crippen LogP contribution in [0.25, 0.3) is 0 Å². The maximum atomic E-state index is 7.32. The van der Waals surface area contributed by atoms with Gasteiger partial charge in [0.15, 0.2) is 0 Å². The third-order valence-electron chi connectivity index (χ3n) is 0.0861. The first-order valence-corrected chi connectivity index (χ1v) is 1.78. The second-order valence-corrected chi connectivity index (χ2v) is 0.921. The van der Waals surface area contributed by atoms with Crippen LogP contribution in [0.4, 0.5) is 0 Å². The summed E-state index contributed by atoms with van der Waals surface area (Å²) in [7, 11) is -1.07. The van der Waals surface area contributed by atoms with Crippen molar-refractivity contribution in [3.63, 3.8) is 0 Å². The number of hydrogen-bond donors (Lipinski definition) is 2. The SMILES string of the molecule is OO[PH2+]OO.[Na+].[Na+]. The van der Waals surface area contributed by atoms with Gasteiger partial charge < -0.3 is 0 Å². The molecule has 0 rings (SSSR count). The molecule has 0 unspecified atom stereocenters. The predicted octanol–water partition coefficient (Wildman–Crippen LogP) is -5.79. The Morgan fingerprint density at radius 2 is 1.29 bits per heavy atom. The van der Waals surface area contributed by atoms with E-state index in [0.29, 0.717) is 0 Å². The largest absolute Gasteiger partial charge is 1.00 e. The minimum absolute atomic E-state index is 0. The van der Waals surface area contributed by atoms with Gasteiger partial charge in [-0.3, -0.25) is 0 Å². The van der Waals surface area contributed by atoms with Crippen molar-refractivity contribution >= 4 is 9.03 Å². The second-order valence-electron chi connectivity index (χ2n) is 0.307. The Labute approximate surface area is 87.0 Å². The molecule has 32 valence electrons. The molecule has 7 heteroatoms. The summed E-state index contributed by atoms with van der Waals surface area (Å²) in [5.41, 5.74) is 0. The maximum Gasteiger partial charge on any atom is 1.00 e. The first-order chi connectivity index (χ1) is 2.41. The number of hydrogen-bond acceptors (Lipinski definition) is 4. The van der Waals surface area contributed by atoms with E-state index in [1.165, 1.54) is 0 Å². The van der Waals surface area contributed by atoms with Crippen LogP contribution in [0.3, 0.4) is 0 Å². The second kappa shape index (κ2) is 15.7. The third-order valence-corrected chi connectivity index (χ3v) is 0.258. The fourth-order valence-corrected chi connectivity index (χ4v) is 0.0577. The molecule has 0 bridgehead atoms. The zero-order valence-electron chi connectivity index (χ0n) is 4.29. The average Bonchev–Trinajstić information content (AvgIpc) is 1.41.